The molecule has 1 aliphatic rings. The van der Waals surface area contributed by atoms with Crippen LogP contribution >= 0.6 is 0 Å². The fraction of sp³-hybridized carbons (Fsp3) is 0.188. The second-order valence-corrected chi connectivity index (χ2v) is 4.96. The van der Waals surface area contributed by atoms with Crippen molar-refractivity contribution in [3.05, 3.63) is 42.0 Å². The highest BCUT2D eigenvalue weighted by Crippen LogP contribution is 2.28. The Balaban J connectivity index is 1.86. The van der Waals surface area contributed by atoms with Crippen LogP contribution in [0.25, 0.3) is 0 Å². The van der Waals surface area contributed by atoms with Gasteiger partial charge in [0.2, 0.25) is 5.88 Å². The highest BCUT2D eigenvalue weighted by molar-refractivity contribution is 6.19. The van der Waals surface area contributed by atoms with Gasteiger partial charge in [0.15, 0.2) is 0 Å². The first-order valence-corrected chi connectivity index (χ1v) is 6.99. The summed E-state index contributed by atoms with van der Waals surface area (Å²) in [6.45, 7) is 1.90. The van der Waals surface area contributed by atoms with Crippen LogP contribution in [0.2, 0.25) is 0 Å². The molecule has 2 aromatic rings. The predicted molar refractivity (Wildman–Crippen MR) is 82.9 cm³/mol. The minimum Gasteiger partial charge on any atom is -0.496 e. The van der Waals surface area contributed by atoms with E-state index in [4.69, 9.17) is 9.47 Å². The molecule has 23 heavy (non-hydrogen) atoms. The number of nitrogens with zero attached hydrogens (tertiary/aromatic N) is 2. The molecule has 118 valence electrons. The summed E-state index contributed by atoms with van der Waals surface area (Å²) in [4.78, 5) is 28.6. The third-order valence-corrected chi connectivity index (χ3v) is 3.38. The van der Waals surface area contributed by atoms with Gasteiger partial charge in [0.1, 0.15) is 17.3 Å². The SMILES string of the molecule is COc1cc(Oc2cccc(N3C(=O)CNC3=O)n2)ccc1C. The number of aryl methyl sites for hydroxylation is 1. The molecule has 7 heteroatoms. The van der Waals surface area contributed by atoms with Crippen molar-refractivity contribution in [2.75, 3.05) is 18.6 Å². The number of carbonyl (C=O) groups excluding carboxylic acids is 2. The summed E-state index contributed by atoms with van der Waals surface area (Å²) in [6, 6.07) is 9.81. The number of aromatic nitrogens is 1. The quantitative estimate of drug-likeness (QED) is 0.876. The van der Waals surface area contributed by atoms with Crippen LogP contribution in [0.3, 0.4) is 0 Å². The minimum absolute atomic E-state index is 0.0270. The monoisotopic (exact) mass is 313 g/mol. The number of imide groups is 1. The summed E-state index contributed by atoms with van der Waals surface area (Å²) >= 11 is 0. The fourth-order valence-electron chi connectivity index (χ4n) is 2.22. The average Bonchev–Trinajstić information content (AvgIpc) is 2.88. The van der Waals surface area contributed by atoms with E-state index in [9.17, 15) is 9.59 Å². The average molecular weight is 313 g/mol. The van der Waals surface area contributed by atoms with Crippen molar-refractivity contribution < 1.29 is 19.1 Å². The molecule has 0 atom stereocenters. The number of urea groups is 1. The van der Waals surface area contributed by atoms with Crippen molar-refractivity contribution in [2.24, 2.45) is 0 Å². The first-order valence-electron chi connectivity index (χ1n) is 6.99. The minimum atomic E-state index is -0.489. The van der Waals surface area contributed by atoms with E-state index in [0.29, 0.717) is 11.5 Å². The Morgan fingerprint density at radius 2 is 2.04 bits per heavy atom. The normalized spacial score (nSPS) is 13.9. The van der Waals surface area contributed by atoms with Gasteiger partial charge in [-0.05, 0) is 24.6 Å². The van der Waals surface area contributed by atoms with Crippen molar-refractivity contribution in [1.82, 2.24) is 10.3 Å². The van der Waals surface area contributed by atoms with Gasteiger partial charge in [-0.2, -0.15) is 4.98 Å². The topological polar surface area (TPSA) is 80.8 Å². The first kappa shape index (κ1) is 14.8. The second kappa shape index (κ2) is 5.96. The molecular weight excluding hydrogens is 298 g/mol. The van der Waals surface area contributed by atoms with Gasteiger partial charge in [-0.25, -0.2) is 9.69 Å². The lowest BCUT2D eigenvalue weighted by Gasteiger charge is -2.13. The van der Waals surface area contributed by atoms with Crippen LogP contribution < -0.4 is 19.7 Å². The molecule has 0 aliphatic carbocycles. The molecule has 2 heterocycles. The number of ether oxygens (including phenoxy) is 2. The highest BCUT2D eigenvalue weighted by atomic mass is 16.5. The van der Waals surface area contributed by atoms with Crippen molar-refractivity contribution in [3.8, 4) is 17.4 Å². The van der Waals surface area contributed by atoms with Gasteiger partial charge in [0.05, 0.1) is 13.7 Å². The third kappa shape index (κ3) is 2.94. The highest BCUT2D eigenvalue weighted by Gasteiger charge is 2.31. The molecular formula is C16H15N3O4. The number of hydrogen-bond donors (Lipinski definition) is 1. The maximum Gasteiger partial charge on any atom is 0.330 e. The van der Waals surface area contributed by atoms with Crippen LogP contribution in [0.5, 0.6) is 17.4 Å². The summed E-state index contributed by atoms with van der Waals surface area (Å²) in [5.74, 6) is 1.40. The van der Waals surface area contributed by atoms with Gasteiger partial charge < -0.3 is 14.8 Å². The zero-order chi connectivity index (χ0) is 16.4. The molecule has 0 spiro atoms. The van der Waals surface area contributed by atoms with E-state index in [1.54, 1.807) is 37.4 Å². The smallest absolute Gasteiger partial charge is 0.330 e. The number of benzene rings is 1. The number of methoxy groups -OCH3 is 1. The predicted octanol–water partition coefficient (Wildman–Crippen LogP) is 2.25. The summed E-state index contributed by atoms with van der Waals surface area (Å²) < 4.78 is 10.9. The van der Waals surface area contributed by atoms with Gasteiger partial charge in [-0.1, -0.05) is 12.1 Å². The number of carbonyl (C=O) groups is 2. The van der Waals surface area contributed by atoms with E-state index < -0.39 is 6.03 Å². The Labute approximate surface area is 132 Å². The second-order valence-electron chi connectivity index (χ2n) is 4.96. The maximum atomic E-state index is 11.7. The number of anilines is 1. The lowest BCUT2D eigenvalue weighted by Crippen LogP contribution is -2.31. The van der Waals surface area contributed by atoms with Crippen LogP contribution in [0.4, 0.5) is 10.6 Å². The molecule has 3 amide bonds. The molecule has 0 unspecified atom stereocenters. The van der Waals surface area contributed by atoms with Crippen LogP contribution in [0, 0.1) is 6.92 Å². The van der Waals surface area contributed by atoms with Gasteiger partial charge in [0, 0.05) is 12.1 Å². The number of hydrogen-bond acceptors (Lipinski definition) is 5. The van der Waals surface area contributed by atoms with Crippen LogP contribution in [0.1, 0.15) is 5.56 Å². The summed E-state index contributed by atoms with van der Waals surface area (Å²) in [7, 11) is 1.59. The van der Waals surface area contributed by atoms with Crippen LogP contribution in [-0.2, 0) is 4.79 Å². The molecule has 0 bridgehead atoms. The van der Waals surface area contributed by atoms with Crippen molar-refractivity contribution in [3.63, 3.8) is 0 Å². The number of nitrogens with one attached hydrogen (secondary N) is 1. The lowest BCUT2D eigenvalue weighted by molar-refractivity contribution is -0.115. The van der Waals surface area contributed by atoms with Crippen molar-refractivity contribution in [2.45, 2.75) is 6.92 Å². The number of pyridine rings is 1. The fourth-order valence-corrected chi connectivity index (χ4v) is 2.22. The molecule has 1 aromatic heterocycles. The Kier molecular flexibility index (Phi) is 3.84. The van der Waals surface area contributed by atoms with E-state index in [-0.39, 0.29) is 24.1 Å². The Bertz CT molecular complexity index is 760. The largest absolute Gasteiger partial charge is 0.496 e. The Morgan fingerprint density at radius 1 is 1.22 bits per heavy atom. The standard InChI is InChI=1S/C16H15N3O4/c1-10-6-7-11(8-12(10)22-2)23-14-5-3-4-13(18-14)19-15(20)9-17-16(19)21/h3-8H,9H2,1-2H3,(H,17,21). The van der Waals surface area contributed by atoms with E-state index in [1.807, 2.05) is 13.0 Å². The third-order valence-electron chi connectivity index (χ3n) is 3.38. The number of amides is 3. The molecule has 0 saturated carbocycles. The van der Waals surface area contributed by atoms with Crippen molar-refractivity contribution >= 4 is 17.8 Å². The molecule has 1 aromatic carbocycles. The molecule has 7 nitrogen and oxygen atoms in total. The molecule has 1 aliphatic heterocycles. The van der Waals surface area contributed by atoms with Gasteiger partial charge in [-0.15, -0.1) is 0 Å². The van der Waals surface area contributed by atoms with Gasteiger partial charge in [0.25, 0.3) is 5.91 Å². The molecule has 1 saturated heterocycles. The lowest BCUT2D eigenvalue weighted by atomic mass is 10.2. The molecule has 3 rings (SSSR count). The van der Waals surface area contributed by atoms with Crippen molar-refractivity contribution in [1.29, 1.82) is 0 Å². The van der Waals surface area contributed by atoms with Gasteiger partial charge >= 0.3 is 6.03 Å². The summed E-state index contributed by atoms with van der Waals surface area (Å²) in [5.41, 5.74) is 0.987. The van der Waals surface area contributed by atoms with E-state index in [1.165, 1.54) is 0 Å². The number of rotatable bonds is 4. The zero-order valence-corrected chi connectivity index (χ0v) is 12.7. The molecule has 1 fully saturated rings. The molecule has 0 radical (unpaired) electrons. The van der Waals surface area contributed by atoms with Crippen LogP contribution in [-0.4, -0.2) is 30.6 Å². The maximum absolute atomic E-state index is 11.7. The Morgan fingerprint density at radius 3 is 2.74 bits per heavy atom. The summed E-state index contributed by atoms with van der Waals surface area (Å²) in [5, 5.41) is 2.45. The van der Waals surface area contributed by atoms with E-state index >= 15 is 0 Å². The first-order chi connectivity index (χ1) is 11.1. The van der Waals surface area contributed by atoms with E-state index in [0.717, 1.165) is 10.5 Å². The van der Waals surface area contributed by atoms with Crippen LogP contribution in [0.15, 0.2) is 36.4 Å². The summed E-state index contributed by atoms with van der Waals surface area (Å²) in [6.07, 6.45) is 0. The van der Waals surface area contributed by atoms with Gasteiger partial charge in [-0.3, -0.25) is 4.79 Å². The Hall–Kier alpha value is -3.09. The van der Waals surface area contributed by atoms with E-state index in [2.05, 4.69) is 10.3 Å². The molecule has 1 N–H and O–H groups in total. The zero-order valence-electron chi connectivity index (χ0n) is 12.7.